The third kappa shape index (κ3) is 1.77. The molecule has 2 aromatic rings. The highest BCUT2D eigenvalue weighted by molar-refractivity contribution is 6.36. The number of hydrogen-bond donors (Lipinski definition) is 1. The van der Waals surface area contributed by atoms with Gasteiger partial charge in [0.15, 0.2) is 5.82 Å². The normalized spacial score (nSPS) is 10.8. The highest BCUT2D eigenvalue weighted by Gasteiger charge is 2.15. The third-order valence-corrected chi connectivity index (χ3v) is 3.11. The molecular formula is C11H11Cl2N3. The zero-order valence-electron chi connectivity index (χ0n) is 8.96. The first-order valence-electron chi connectivity index (χ1n) is 4.75. The molecule has 0 unspecified atom stereocenters. The van der Waals surface area contributed by atoms with Crippen LogP contribution in [0.15, 0.2) is 18.2 Å². The van der Waals surface area contributed by atoms with E-state index in [2.05, 4.69) is 5.10 Å². The van der Waals surface area contributed by atoms with E-state index in [9.17, 15) is 0 Å². The van der Waals surface area contributed by atoms with Gasteiger partial charge in [-0.25, -0.2) is 0 Å². The first kappa shape index (κ1) is 11.3. The molecule has 0 amide bonds. The summed E-state index contributed by atoms with van der Waals surface area (Å²) < 4.78 is 1.73. The molecule has 3 nitrogen and oxygen atoms in total. The van der Waals surface area contributed by atoms with Crippen LogP contribution in [0.5, 0.6) is 0 Å². The number of benzene rings is 1. The summed E-state index contributed by atoms with van der Waals surface area (Å²) in [4.78, 5) is 0. The highest BCUT2D eigenvalue weighted by Crippen LogP contribution is 2.35. The molecule has 1 aromatic heterocycles. The molecule has 84 valence electrons. The quantitative estimate of drug-likeness (QED) is 0.850. The summed E-state index contributed by atoms with van der Waals surface area (Å²) in [5.41, 5.74) is 8.55. The number of rotatable bonds is 1. The summed E-state index contributed by atoms with van der Waals surface area (Å²) in [6.07, 6.45) is 0. The summed E-state index contributed by atoms with van der Waals surface area (Å²) in [6, 6.07) is 5.34. The van der Waals surface area contributed by atoms with Crippen molar-refractivity contribution in [2.75, 3.05) is 5.73 Å². The van der Waals surface area contributed by atoms with Crippen LogP contribution in [0.2, 0.25) is 10.0 Å². The van der Waals surface area contributed by atoms with E-state index >= 15 is 0 Å². The minimum Gasteiger partial charge on any atom is -0.382 e. The summed E-state index contributed by atoms with van der Waals surface area (Å²) in [5.74, 6) is 0.476. The molecule has 0 aliphatic heterocycles. The fourth-order valence-electron chi connectivity index (χ4n) is 1.66. The van der Waals surface area contributed by atoms with Gasteiger partial charge >= 0.3 is 0 Å². The predicted molar refractivity (Wildman–Crippen MR) is 67.8 cm³/mol. The first-order valence-corrected chi connectivity index (χ1v) is 5.51. The fourth-order valence-corrected chi connectivity index (χ4v) is 2.16. The number of hydrogen-bond acceptors (Lipinski definition) is 2. The number of halogens is 2. The van der Waals surface area contributed by atoms with Gasteiger partial charge in [-0.1, -0.05) is 29.3 Å². The third-order valence-electron chi connectivity index (χ3n) is 2.56. The van der Waals surface area contributed by atoms with Crippen molar-refractivity contribution in [1.29, 1.82) is 0 Å². The topological polar surface area (TPSA) is 43.8 Å². The zero-order chi connectivity index (χ0) is 11.9. The van der Waals surface area contributed by atoms with Crippen LogP contribution < -0.4 is 5.73 Å². The number of nitrogens with zero attached hydrogens (tertiary/aromatic N) is 2. The number of nitrogen functional groups attached to an aromatic ring is 1. The smallest absolute Gasteiger partial charge is 0.153 e. The molecule has 0 aliphatic carbocycles. The van der Waals surface area contributed by atoms with Crippen molar-refractivity contribution in [3.05, 3.63) is 33.9 Å². The van der Waals surface area contributed by atoms with E-state index in [1.54, 1.807) is 16.8 Å². The van der Waals surface area contributed by atoms with E-state index in [4.69, 9.17) is 28.9 Å². The van der Waals surface area contributed by atoms with Gasteiger partial charge in [0.1, 0.15) is 0 Å². The summed E-state index contributed by atoms with van der Waals surface area (Å²) in [6.45, 7) is 1.95. The van der Waals surface area contributed by atoms with E-state index in [-0.39, 0.29) is 0 Å². The Kier molecular flexibility index (Phi) is 2.82. The van der Waals surface area contributed by atoms with Crippen molar-refractivity contribution >= 4 is 29.0 Å². The molecule has 0 spiro atoms. The van der Waals surface area contributed by atoms with Gasteiger partial charge < -0.3 is 5.73 Å². The van der Waals surface area contributed by atoms with Gasteiger partial charge in [-0.05, 0) is 19.1 Å². The summed E-state index contributed by atoms with van der Waals surface area (Å²) in [5, 5.41) is 5.34. The Labute approximate surface area is 104 Å². The van der Waals surface area contributed by atoms with Crippen molar-refractivity contribution in [1.82, 2.24) is 9.78 Å². The minimum absolute atomic E-state index is 0.476. The molecule has 2 N–H and O–H groups in total. The molecule has 1 heterocycles. The van der Waals surface area contributed by atoms with Crippen LogP contribution in [0.4, 0.5) is 5.82 Å². The molecule has 0 saturated carbocycles. The van der Waals surface area contributed by atoms with Crippen molar-refractivity contribution in [2.45, 2.75) is 6.92 Å². The van der Waals surface area contributed by atoms with Gasteiger partial charge in [-0.15, -0.1) is 0 Å². The van der Waals surface area contributed by atoms with E-state index in [0.29, 0.717) is 15.9 Å². The van der Waals surface area contributed by atoms with Crippen LogP contribution in [0, 0.1) is 6.92 Å². The average Bonchev–Trinajstić information content (AvgIpc) is 2.43. The molecule has 1 aromatic carbocycles. The van der Waals surface area contributed by atoms with E-state index in [1.165, 1.54) is 0 Å². The lowest BCUT2D eigenvalue weighted by atomic mass is 10.1. The lowest BCUT2D eigenvalue weighted by molar-refractivity contribution is 0.744. The lowest BCUT2D eigenvalue weighted by Crippen LogP contribution is -1.93. The molecule has 0 aliphatic rings. The summed E-state index contributed by atoms with van der Waals surface area (Å²) >= 11 is 12.0. The Morgan fingerprint density at radius 2 is 2.00 bits per heavy atom. The van der Waals surface area contributed by atoms with Crippen LogP contribution in [0.3, 0.4) is 0 Å². The molecule has 0 bridgehead atoms. The Balaban J connectivity index is 2.67. The van der Waals surface area contributed by atoms with Gasteiger partial charge in [0.2, 0.25) is 0 Å². The zero-order valence-corrected chi connectivity index (χ0v) is 10.5. The maximum atomic E-state index is 6.14. The van der Waals surface area contributed by atoms with Crippen molar-refractivity contribution < 1.29 is 0 Å². The molecule has 0 radical (unpaired) electrons. The SMILES string of the molecule is Cc1c(-c2ccc(Cl)cc2Cl)c(N)nn1C. The molecular weight excluding hydrogens is 245 g/mol. The van der Waals surface area contributed by atoms with Crippen LogP contribution in [0.1, 0.15) is 5.69 Å². The lowest BCUT2D eigenvalue weighted by Gasteiger charge is -2.05. The van der Waals surface area contributed by atoms with E-state index in [0.717, 1.165) is 16.8 Å². The number of nitrogens with two attached hydrogens (primary N) is 1. The fraction of sp³-hybridized carbons (Fsp3) is 0.182. The predicted octanol–water partition coefficient (Wildman–Crippen LogP) is 3.28. The molecule has 0 fully saturated rings. The van der Waals surface area contributed by atoms with Gasteiger partial charge in [-0.2, -0.15) is 5.10 Å². The standard InChI is InChI=1S/C11H11Cl2N3/c1-6-10(11(14)15-16(6)2)8-4-3-7(12)5-9(8)13/h3-5H,1-2H3,(H2,14,15). The van der Waals surface area contributed by atoms with Gasteiger partial charge in [0, 0.05) is 28.9 Å². The second-order valence-corrected chi connectivity index (χ2v) is 4.44. The van der Waals surface area contributed by atoms with Gasteiger partial charge in [-0.3, -0.25) is 4.68 Å². The Hall–Kier alpha value is -1.19. The second kappa shape index (κ2) is 4.00. The van der Waals surface area contributed by atoms with Crippen LogP contribution in [-0.2, 0) is 7.05 Å². The van der Waals surface area contributed by atoms with Crippen LogP contribution in [-0.4, -0.2) is 9.78 Å². The average molecular weight is 256 g/mol. The highest BCUT2D eigenvalue weighted by atomic mass is 35.5. The maximum Gasteiger partial charge on any atom is 0.153 e. The van der Waals surface area contributed by atoms with E-state index in [1.807, 2.05) is 20.0 Å². The first-order chi connectivity index (χ1) is 7.50. The minimum atomic E-state index is 0.476. The Bertz CT molecular complexity index is 546. The van der Waals surface area contributed by atoms with Gasteiger partial charge in [0.25, 0.3) is 0 Å². The summed E-state index contributed by atoms with van der Waals surface area (Å²) in [7, 11) is 1.85. The molecule has 0 saturated heterocycles. The van der Waals surface area contributed by atoms with E-state index < -0.39 is 0 Å². The van der Waals surface area contributed by atoms with Crippen molar-refractivity contribution in [3.63, 3.8) is 0 Å². The largest absolute Gasteiger partial charge is 0.382 e. The number of aryl methyl sites for hydroxylation is 1. The second-order valence-electron chi connectivity index (χ2n) is 3.59. The Morgan fingerprint density at radius 1 is 1.31 bits per heavy atom. The molecule has 0 atom stereocenters. The van der Waals surface area contributed by atoms with Crippen LogP contribution in [0.25, 0.3) is 11.1 Å². The van der Waals surface area contributed by atoms with Gasteiger partial charge in [0.05, 0.1) is 5.02 Å². The molecule has 16 heavy (non-hydrogen) atoms. The van der Waals surface area contributed by atoms with Crippen molar-refractivity contribution in [2.24, 2.45) is 7.05 Å². The number of anilines is 1. The molecule has 2 rings (SSSR count). The van der Waals surface area contributed by atoms with Crippen molar-refractivity contribution in [3.8, 4) is 11.1 Å². The van der Waals surface area contributed by atoms with Crippen LogP contribution >= 0.6 is 23.2 Å². The monoisotopic (exact) mass is 255 g/mol. The molecule has 5 heteroatoms. The Morgan fingerprint density at radius 3 is 2.50 bits per heavy atom. The maximum absolute atomic E-state index is 6.14. The number of aromatic nitrogens is 2.